The molecule has 0 saturated heterocycles. The van der Waals surface area contributed by atoms with Gasteiger partial charge >= 0.3 is 0 Å². The van der Waals surface area contributed by atoms with Gasteiger partial charge in [-0.15, -0.1) is 0 Å². The van der Waals surface area contributed by atoms with E-state index in [0.717, 1.165) is 10.0 Å². The Morgan fingerprint density at radius 3 is 2.35 bits per heavy atom. The SMILES string of the molecule is FC(F)c1cccc(CNc2c(Cl)cc(Br)cc2Cl)c1. The van der Waals surface area contributed by atoms with Gasteiger partial charge in [0.2, 0.25) is 0 Å². The Bertz CT molecular complexity index is 597. The number of anilines is 1. The van der Waals surface area contributed by atoms with Gasteiger partial charge in [0, 0.05) is 16.6 Å². The molecule has 0 bridgehead atoms. The van der Waals surface area contributed by atoms with Crippen LogP contribution in [0.5, 0.6) is 0 Å². The van der Waals surface area contributed by atoms with Crippen molar-refractivity contribution in [1.82, 2.24) is 0 Å². The molecule has 0 aliphatic rings. The molecule has 0 fully saturated rings. The third kappa shape index (κ3) is 3.84. The summed E-state index contributed by atoms with van der Waals surface area (Å²) in [6, 6.07) is 9.64. The van der Waals surface area contributed by atoms with E-state index in [1.807, 2.05) is 0 Å². The molecule has 20 heavy (non-hydrogen) atoms. The van der Waals surface area contributed by atoms with Crippen LogP contribution in [0.4, 0.5) is 14.5 Å². The van der Waals surface area contributed by atoms with E-state index < -0.39 is 6.43 Å². The van der Waals surface area contributed by atoms with E-state index in [1.54, 1.807) is 24.3 Å². The molecule has 0 unspecified atom stereocenters. The van der Waals surface area contributed by atoms with Crippen molar-refractivity contribution < 1.29 is 8.78 Å². The Kier molecular flexibility index (Phi) is 5.24. The lowest BCUT2D eigenvalue weighted by Crippen LogP contribution is -2.01. The molecule has 0 radical (unpaired) electrons. The largest absolute Gasteiger partial charge is 0.379 e. The molecule has 0 spiro atoms. The molecule has 0 amide bonds. The maximum atomic E-state index is 12.6. The first kappa shape index (κ1) is 15.5. The van der Waals surface area contributed by atoms with E-state index in [0.29, 0.717) is 22.3 Å². The zero-order chi connectivity index (χ0) is 14.7. The topological polar surface area (TPSA) is 12.0 Å². The molecule has 2 aromatic carbocycles. The Morgan fingerprint density at radius 2 is 1.75 bits per heavy atom. The van der Waals surface area contributed by atoms with Crippen molar-refractivity contribution in [2.24, 2.45) is 0 Å². The molecule has 2 rings (SSSR count). The predicted molar refractivity (Wildman–Crippen MR) is 82.9 cm³/mol. The molecule has 6 heteroatoms. The van der Waals surface area contributed by atoms with Crippen molar-refractivity contribution in [3.05, 3.63) is 62.0 Å². The predicted octanol–water partition coefficient (Wildman–Crippen LogP) is 6.31. The molecule has 0 aliphatic heterocycles. The molecule has 106 valence electrons. The van der Waals surface area contributed by atoms with Crippen molar-refractivity contribution >= 4 is 44.8 Å². The molecule has 0 aliphatic carbocycles. The van der Waals surface area contributed by atoms with Crippen molar-refractivity contribution in [2.75, 3.05) is 5.32 Å². The van der Waals surface area contributed by atoms with Crippen LogP contribution in [0.3, 0.4) is 0 Å². The van der Waals surface area contributed by atoms with Crippen LogP contribution in [-0.4, -0.2) is 0 Å². The Hall–Kier alpha value is -0.840. The number of hydrogen-bond acceptors (Lipinski definition) is 1. The Labute approximate surface area is 134 Å². The van der Waals surface area contributed by atoms with Gasteiger partial charge in [0.15, 0.2) is 0 Å². The highest BCUT2D eigenvalue weighted by atomic mass is 79.9. The molecule has 0 heterocycles. The minimum absolute atomic E-state index is 0.00250. The van der Waals surface area contributed by atoms with Crippen LogP contribution in [-0.2, 0) is 6.54 Å². The number of alkyl halides is 2. The van der Waals surface area contributed by atoms with Crippen molar-refractivity contribution in [3.8, 4) is 0 Å². The Balaban J connectivity index is 2.15. The average Bonchev–Trinajstić information content (AvgIpc) is 2.37. The van der Waals surface area contributed by atoms with Crippen molar-refractivity contribution in [1.29, 1.82) is 0 Å². The summed E-state index contributed by atoms with van der Waals surface area (Å²) >= 11 is 15.5. The van der Waals surface area contributed by atoms with Crippen LogP contribution in [0.25, 0.3) is 0 Å². The molecule has 2 aromatic rings. The quantitative estimate of drug-likeness (QED) is 0.655. The average molecular weight is 381 g/mol. The number of halogens is 5. The smallest absolute Gasteiger partial charge is 0.263 e. The zero-order valence-electron chi connectivity index (χ0n) is 10.1. The summed E-state index contributed by atoms with van der Waals surface area (Å²) in [5, 5.41) is 4.00. The van der Waals surface area contributed by atoms with E-state index in [-0.39, 0.29) is 5.56 Å². The summed E-state index contributed by atoms with van der Waals surface area (Å²) in [5.41, 5.74) is 1.31. The number of rotatable bonds is 4. The summed E-state index contributed by atoms with van der Waals surface area (Å²) in [6.45, 7) is 0.363. The van der Waals surface area contributed by atoms with Crippen LogP contribution < -0.4 is 5.32 Å². The molecule has 1 nitrogen and oxygen atoms in total. The minimum Gasteiger partial charge on any atom is -0.379 e. The van der Waals surface area contributed by atoms with Crippen molar-refractivity contribution in [2.45, 2.75) is 13.0 Å². The summed E-state index contributed by atoms with van der Waals surface area (Å²) in [7, 11) is 0. The van der Waals surface area contributed by atoms with Gasteiger partial charge in [0.1, 0.15) is 0 Å². The molecule has 0 saturated carbocycles. The fourth-order valence-corrected chi connectivity index (χ4v) is 3.08. The van der Waals surface area contributed by atoms with Crippen LogP contribution in [0, 0.1) is 0 Å². The van der Waals surface area contributed by atoms with Gasteiger partial charge in [0.25, 0.3) is 6.43 Å². The minimum atomic E-state index is -2.48. The normalized spacial score (nSPS) is 10.9. The standard InChI is InChI=1S/C14H10BrCl2F2N/c15-10-5-11(16)13(12(17)6-10)20-7-8-2-1-3-9(4-8)14(18)19/h1-6,14,20H,7H2. The summed E-state index contributed by atoms with van der Waals surface area (Å²) in [5.74, 6) is 0. The van der Waals surface area contributed by atoms with E-state index in [4.69, 9.17) is 23.2 Å². The third-order valence-corrected chi connectivity index (χ3v) is 3.73. The number of benzene rings is 2. The molecule has 0 atom stereocenters. The summed E-state index contributed by atoms with van der Waals surface area (Å²) in [6.07, 6.45) is -2.48. The van der Waals surface area contributed by atoms with Gasteiger partial charge in [-0.2, -0.15) is 0 Å². The van der Waals surface area contributed by atoms with E-state index >= 15 is 0 Å². The lowest BCUT2D eigenvalue weighted by atomic mass is 10.1. The van der Waals surface area contributed by atoms with Crippen LogP contribution >= 0.6 is 39.1 Å². The van der Waals surface area contributed by atoms with Crippen LogP contribution in [0.2, 0.25) is 10.0 Å². The Morgan fingerprint density at radius 1 is 1.10 bits per heavy atom. The molecule has 1 N–H and O–H groups in total. The zero-order valence-corrected chi connectivity index (χ0v) is 13.2. The maximum Gasteiger partial charge on any atom is 0.263 e. The van der Waals surface area contributed by atoms with Gasteiger partial charge in [-0.05, 0) is 23.8 Å². The highest BCUT2D eigenvalue weighted by Crippen LogP contribution is 2.34. The van der Waals surface area contributed by atoms with Crippen LogP contribution in [0.15, 0.2) is 40.9 Å². The second-order valence-electron chi connectivity index (χ2n) is 4.14. The fraction of sp³-hybridized carbons (Fsp3) is 0.143. The van der Waals surface area contributed by atoms with Gasteiger partial charge in [0.05, 0.1) is 15.7 Å². The maximum absolute atomic E-state index is 12.6. The lowest BCUT2D eigenvalue weighted by Gasteiger charge is -2.12. The van der Waals surface area contributed by atoms with E-state index in [9.17, 15) is 8.78 Å². The van der Waals surface area contributed by atoms with Gasteiger partial charge < -0.3 is 5.32 Å². The lowest BCUT2D eigenvalue weighted by molar-refractivity contribution is 0.151. The second kappa shape index (κ2) is 6.74. The van der Waals surface area contributed by atoms with Gasteiger partial charge in [-0.25, -0.2) is 8.78 Å². The van der Waals surface area contributed by atoms with Crippen molar-refractivity contribution in [3.63, 3.8) is 0 Å². The third-order valence-electron chi connectivity index (χ3n) is 2.68. The molecular formula is C14H10BrCl2F2N. The number of hydrogen-bond donors (Lipinski definition) is 1. The second-order valence-corrected chi connectivity index (χ2v) is 5.87. The first-order valence-corrected chi connectivity index (χ1v) is 7.27. The van der Waals surface area contributed by atoms with E-state index in [2.05, 4.69) is 21.2 Å². The summed E-state index contributed by atoms with van der Waals surface area (Å²) < 4.78 is 26.0. The monoisotopic (exact) mass is 379 g/mol. The number of nitrogens with one attached hydrogen (secondary N) is 1. The molecular weight excluding hydrogens is 371 g/mol. The first-order chi connectivity index (χ1) is 9.47. The first-order valence-electron chi connectivity index (χ1n) is 5.73. The summed E-state index contributed by atoms with van der Waals surface area (Å²) in [4.78, 5) is 0. The highest BCUT2D eigenvalue weighted by Gasteiger charge is 2.09. The van der Waals surface area contributed by atoms with Gasteiger partial charge in [-0.3, -0.25) is 0 Å². The van der Waals surface area contributed by atoms with E-state index in [1.165, 1.54) is 12.1 Å². The molecule has 0 aromatic heterocycles. The fourth-order valence-electron chi connectivity index (χ4n) is 1.74. The highest BCUT2D eigenvalue weighted by molar-refractivity contribution is 9.10. The van der Waals surface area contributed by atoms with Crippen LogP contribution in [0.1, 0.15) is 17.6 Å². The van der Waals surface area contributed by atoms with Gasteiger partial charge in [-0.1, -0.05) is 57.3 Å².